The van der Waals surface area contributed by atoms with Crippen LogP contribution in [0, 0.1) is 12.8 Å². The number of anilines is 1. The Labute approximate surface area is 72.8 Å². The van der Waals surface area contributed by atoms with Crippen LogP contribution in [0.15, 0.2) is 6.20 Å². The van der Waals surface area contributed by atoms with Crippen LogP contribution in [-0.2, 0) is 7.05 Å². The van der Waals surface area contributed by atoms with Gasteiger partial charge in [0, 0.05) is 25.4 Å². The summed E-state index contributed by atoms with van der Waals surface area (Å²) >= 11 is 0. The summed E-state index contributed by atoms with van der Waals surface area (Å²) in [5.74, 6) is 1.95. The Morgan fingerprint density at radius 1 is 1.67 bits per heavy atom. The summed E-state index contributed by atoms with van der Waals surface area (Å²) < 4.78 is 1.85. The second-order valence-corrected chi connectivity index (χ2v) is 3.66. The lowest BCUT2D eigenvalue weighted by atomic mass is 10.3. The van der Waals surface area contributed by atoms with E-state index < -0.39 is 0 Å². The molecule has 0 atom stereocenters. The molecule has 1 fully saturated rings. The minimum absolute atomic E-state index is 0.909. The molecule has 1 heterocycles. The van der Waals surface area contributed by atoms with Crippen LogP contribution in [0.4, 0.5) is 5.82 Å². The standard InChI is InChI=1S/C9H15N3/c1-7-6-12(2)11-9(7)10-5-8-3-4-8/h6,8H,3-5H2,1-2H3,(H,10,11). The molecule has 0 bridgehead atoms. The lowest BCUT2D eigenvalue weighted by Gasteiger charge is -2.00. The molecule has 66 valence electrons. The molecule has 1 aromatic rings. The molecule has 1 N–H and O–H groups in total. The largest absolute Gasteiger partial charge is 0.368 e. The number of nitrogens with zero attached hydrogens (tertiary/aromatic N) is 2. The summed E-state index contributed by atoms with van der Waals surface area (Å²) in [5.41, 5.74) is 1.23. The molecular formula is C9H15N3. The Kier molecular flexibility index (Phi) is 1.79. The molecule has 1 saturated carbocycles. The lowest BCUT2D eigenvalue weighted by Crippen LogP contribution is -2.04. The molecule has 0 spiro atoms. The van der Waals surface area contributed by atoms with Crippen molar-refractivity contribution < 1.29 is 0 Å². The zero-order chi connectivity index (χ0) is 8.55. The first-order valence-electron chi connectivity index (χ1n) is 4.50. The highest BCUT2D eigenvalue weighted by Crippen LogP contribution is 2.28. The third-order valence-corrected chi connectivity index (χ3v) is 2.27. The molecule has 0 radical (unpaired) electrons. The molecule has 1 aromatic heterocycles. The quantitative estimate of drug-likeness (QED) is 0.736. The average Bonchev–Trinajstić information content (AvgIpc) is 2.76. The Morgan fingerprint density at radius 3 is 2.92 bits per heavy atom. The highest BCUT2D eigenvalue weighted by atomic mass is 15.3. The van der Waals surface area contributed by atoms with Crippen LogP contribution in [0.5, 0.6) is 0 Å². The van der Waals surface area contributed by atoms with Crippen molar-refractivity contribution in [2.45, 2.75) is 19.8 Å². The smallest absolute Gasteiger partial charge is 0.150 e. The zero-order valence-corrected chi connectivity index (χ0v) is 7.67. The van der Waals surface area contributed by atoms with Gasteiger partial charge in [0.25, 0.3) is 0 Å². The number of aryl methyl sites for hydroxylation is 2. The van der Waals surface area contributed by atoms with Gasteiger partial charge in [-0.3, -0.25) is 4.68 Å². The van der Waals surface area contributed by atoms with Crippen molar-refractivity contribution in [2.75, 3.05) is 11.9 Å². The second-order valence-electron chi connectivity index (χ2n) is 3.66. The molecule has 0 saturated heterocycles. The predicted octanol–water partition coefficient (Wildman–Crippen LogP) is 1.55. The van der Waals surface area contributed by atoms with Crippen molar-refractivity contribution in [1.82, 2.24) is 9.78 Å². The third kappa shape index (κ3) is 1.60. The number of aromatic nitrogens is 2. The molecule has 1 aliphatic rings. The van der Waals surface area contributed by atoms with Gasteiger partial charge in [0.2, 0.25) is 0 Å². The van der Waals surface area contributed by atoms with E-state index in [1.165, 1.54) is 18.4 Å². The zero-order valence-electron chi connectivity index (χ0n) is 7.67. The maximum Gasteiger partial charge on any atom is 0.150 e. The fraction of sp³-hybridized carbons (Fsp3) is 0.667. The van der Waals surface area contributed by atoms with E-state index in [-0.39, 0.29) is 0 Å². The van der Waals surface area contributed by atoms with Crippen LogP contribution in [0.2, 0.25) is 0 Å². The van der Waals surface area contributed by atoms with Crippen LogP contribution >= 0.6 is 0 Å². The normalized spacial score (nSPS) is 16.5. The fourth-order valence-corrected chi connectivity index (χ4v) is 1.34. The van der Waals surface area contributed by atoms with Crippen LogP contribution in [-0.4, -0.2) is 16.3 Å². The third-order valence-electron chi connectivity index (χ3n) is 2.27. The number of hydrogen-bond acceptors (Lipinski definition) is 2. The van der Waals surface area contributed by atoms with Gasteiger partial charge in [0.15, 0.2) is 5.82 Å². The van der Waals surface area contributed by atoms with E-state index >= 15 is 0 Å². The summed E-state index contributed by atoms with van der Waals surface area (Å²) in [6.45, 7) is 3.18. The summed E-state index contributed by atoms with van der Waals surface area (Å²) in [5, 5.41) is 7.68. The monoisotopic (exact) mass is 165 g/mol. The minimum Gasteiger partial charge on any atom is -0.368 e. The van der Waals surface area contributed by atoms with Crippen LogP contribution < -0.4 is 5.32 Å². The van der Waals surface area contributed by atoms with E-state index in [9.17, 15) is 0 Å². The van der Waals surface area contributed by atoms with E-state index in [4.69, 9.17) is 0 Å². The van der Waals surface area contributed by atoms with Crippen molar-refractivity contribution in [3.8, 4) is 0 Å². The van der Waals surface area contributed by atoms with Crippen molar-refractivity contribution in [1.29, 1.82) is 0 Å². The molecule has 3 heteroatoms. The molecule has 0 unspecified atom stereocenters. The van der Waals surface area contributed by atoms with Gasteiger partial charge in [-0.2, -0.15) is 5.10 Å². The van der Waals surface area contributed by atoms with E-state index in [0.29, 0.717) is 0 Å². The Morgan fingerprint density at radius 2 is 2.42 bits per heavy atom. The molecule has 0 aromatic carbocycles. The highest BCUT2D eigenvalue weighted by molar-refractivity contribution is 5.41. The first-order chi connectivity index (χ1) is 5.75. The Balaban J connectivity index is 1.96. The van der Waals surface area contributed by atoms with Crippen LogP contribution in [0.1, 0.15) is 18.4 Å². The summed E-state index contributed by atoms with van der Waals surface area (Å²) in [7, 11) is 1.95. The van der Waals surface area contributed by atoms with E-state index in [2.05, 4.69) is 17.3 Å². The predicted molar refractivity (Wildman–Crippen MR) is 49.2 cm³/mol. The Hall–Kier alpha value is -0.990. The van der Waals surface area contributed by atoms with Gasteiger partial charge in [-0.15, -0.1) is 0 Å². The van der Waals surface area contributed by atoms with Crippen molar-refractivity contribution in [3.05, 3.63) is 11.8 Å². The number of hydrogen-bond donors (Lipinski definition) is 1. The topological polar surface area (TPSA) is 29.9 Å². The van der Waals surface area contributed by atoms with Crippen molar-refractivity contribution in [2.24, 2.45) is 13.0 Å². The number of nitrogens with one attached hydrogen (secondary N) is 1. The molecule has 1 aliphatic carbocycles. The van der Waals surface area contributed by atoms with Crippen molar-refractivity contribution in [3.63, 3.8) is 0 Å². The van der Waals surface area contributed by atoms with Gasteiger partial charge in [-0.25, -0.2) is 0 Å². The van der Waals surface area contributed by atoms with Gasteiger partial charge in [0.05, 0.1) is 0 Å². The first-order valence-corrected chi connectivity index (χ1v) is 4.50. The highest BCUT2D eigenvalue weighted by Gasteiger charge is 2.21. The lowest BCUT2D eigenvalue weighted by molar-refractivity contribution is 0.764. The molecule has 3 nitrogen and oxygen atoms in total. The van der Waals surface area contributed by atoms with Gasteiger partial charge in [-0.1, -0.05) is 0 Å². The molecule has 0 aliphatic heterocycles. The van der Waals surface area contributed by atoms with E-state index in [0.717, 1.165) is 18.3 Å². The van der Waals surface area contributed by atoms with Gasteiger partial charge < -0.3 is 5.32 Å². The minimum atomic E-state index is 0.909. The average molecular weight is 165 g/mol. The second kappa shape index (κ2) is 2.81. The molecular weight excluding hydrogens is 150 g/mol. The molecule has 2 rings (SSSR count). The van der Waals surface area contributed by atoms with Crippen molar-refractivity contribution >= 4 is 5.82 Å². The molecule has 0 amide bonds. The van der Waals surface area contributed by atoms with Gasteiger partial charge in [0.1, 0.15) is 0 Å². The van der Waals surface area contributed by atoms with E-state index in [1.807, 2.05) is 17.9 Å². The number of rotatable bonds is 3. The maximum absolute atomic E-state index is 4.32. The maximum atomic E-state index is 4.32. The first kappa shape index (κ1) is 7.65. The van der Waals surface area contributed by atoms with Gasteiger partial charge >= 0.3 is 0 Å². The Bertz CT molecular complexity index is 273. The summed E-state index contributed by atoms with van der Waals surface area (Å²) in [6, 6.07) is 0. The SMILES string of the molecule is Cc1cn(C)nc1NCC1CC1. The van der Waals surface area contributed by atoms with E-state index in [1.54, 1.807) is 0 Å². The van der Waals surface area contributed by atoms with Crippen LogP contribution in [0.3, 0.4) is 0 Å². The summed E-state index contributed by atoms with van der Waals surface area (Å²) in [4.78, 5) is 0. The molecule has 12 heavy (non-hydrogen) atoms. The fourth-order valence-electron chi connectivity index (χ4n) is 1.34. The van der Waals surface area contributed by atoms with Crippen LogP contribution in [0.25, 0.3) is 0 Å². The van der Waals surface area contributed by atoms with Gasteiger partial charge in [-0.05, 0) is 25.7 Å². The summed E-state index contributed by atoms with van der Waals surface area (Å²) in [6.07, 6.45) is 4.81.